The van der Waals surface area contributed by atoms with E-state index >= 15 is 0 Å². The molecule has 14 heavy (non-hydrogen) atoms. The Hall–Kier alpha value is -0.760. The second kappa shape index (κ2) is 4.65. The van der Waals surface area contributed by atoms with E-state index in [1.807, 2.05) is 25.4 Å². The molecule has 1 aromatic rings. The number of hydrogen-bond acceptors (Lipinski definition) is 2. The van der Waals surface area contributed by atoms with Crippen LogP contribution in [0.1, 0.15) is 33.3 Å². The Labute approximate surface area is 90.6 Å². The highest BCUT2D eigenvalue weighted by atomic mass is 32.2. The van der Waals surface area contributed by atoms with Crippen molar-refractivity contribution in [2.45, 2.75) is 38.0 Å². The number of aromatic nitrogens is 1. The molecule has 0 fully saturated rings. The van der Waals surface area contributed by atoms with Gasteiger partial charge in [0.05, 0.1) is 0 Å². The van der Waals surface area contributed by atoms with Crippen molar-refractivity contribution in [2.24, 2.45) is 0 Å². The van der Waals surface area contributed by atoms with Gasteiger partial charge in [0.15, 0.2) is 0 Å². The van der Waals surface area contributed by atoms with Gasteiger partial charge >= 0.3 is 0 Å². The van der Waals surface area contributed by atoms with Gasteiger partial charge in [-0.2, -0.15) is 0 Å². The lowest BCUT2D eigenvalue weighted by atomic mass is 9.88. The molecule has 0 saturated carbocycles. The van der Waals surface area contributed by atoms with Gasteiger partial charge in [0.25, 0.3) is 0 Å². The predicted molar refractivity (Wildman–Crippen MR) is 63.6 cm³/mol. The van der Waals surface area contributed by atoms with Crippen LogP contribution in [0.5, 0.6) is 0 Å². The number of allylic oxidation sites excluding steroid dienone is 1. The lowest BCUT2D eigenvalue weighted by molar-refractivity contribution is 0.576. The summed E-state index contributed by atoms with van der Waals surface area (Å²) in [5.41, 5.74) is 1.54. The lowest BCUT2D eigenvalue weighted by Crippen LogP contribution is -2.12. The van der Waals surface area contributed by atoms with Crippen molar-refractivity contribution in [1.29, 1.82) is 0 Å². The van der Waals surface area contributed by atoms with Crippen molar-refractivity contribution >= 4 is 11.8 Å². The van der Waals surface area contributed by atoms with Gasteiger partial charge in [-0.3, -0.25) is 4.98 Å². The molecule has 2 heteroatoms. The third kappa shape index (κ3) is 2.88. The van der Waals surface area contributed by atoms with E-state index in [9.17, 15) is 0 Å². The van der Waals surface area contributed by atoms with Crippen molar-refractivity contribution in [3.63, 3.8) is 0 Å². The van der Waals surface area contributed by atoms with E-state index in [0.717, 1.165) is 0 Å². The third-order valence-corrected chi connectivity index (χ3v) is 2.91. The summed E-state index contributed by atoms with van der Waals surface area (Å²) in [6.07, 6.45) is 5.84. The van der Waals surface area contributed by atoms with E-state index in [2.05, 4.69) is 37.2 Å². The molecular formula is C12H17NS. The van der Waals surface area contributed by atoms with E-state index in [-0.39, 0.29) is 5.41 Å². The summed E-state index contributed by atoms with van der Waals surface area (Å²) in [5.74, 6) is 0. The van der Waals surface area contributed by atoms with Crippen LogP contribution in [0.25, 0.3) is 0 Å². The zero-order chi connectivity index (χ0) is 10.6. The first-order chi connectivity index (χ1) is 6.55. The summed E-state index contributed by atoms with van der Waals surface area (Å²) in [6.45, 7) is 8.70. The highest BCUT2D eigenvalue weighted by molar-refractivity contribution is 8.02. The summed E-state index contributed by atoms with van der Waals surface area (Å²) in [4.78, 5) is 5.41. The van der Waals surface area contributed by atoms with Gasteiger partial charge in [-0.1, -0.05) is 38.6 Å². The summed E-state index contributed by atoms with van der Waals surface area (Å²) >= 11 is 1.73. The van der Waals surface area contributed by atoms with Crippen LogP contribution in [0.4, 0.5) is 0 Å². The molecule has 0 unspecified atom stereocenters. The molecule has 0 amide bonds. The average molecular weight is 207 g/mol. The molecule has 1 heterocycles. The minimum atomic E-state index is 0.187. The van der Waals surface area contributed by atoms with Gasteiger partial charge in [0.2, 0.25) is 0 Å². The maximum Gasteiger partial charge on any atom is 0.0410 e. The van der Waals surface area contributed by atoms with Gasteiger partial charge in [-0.05, 0) is 29.4 Å². The second-order valence-corrected chi connectivity index (χ2v) is 5.16. The average Bonchev–Trinajstić information content (AvgIpc) is 2.14. The van der Waals surface area contributed by atoms with E-state index in [1.54, 1.807) is 11.8 Å². The Bertz CT molecular complexity index is 323. The first kappa shape index (κ1) is 11.3. The molecule has 0 aliphatic rings. The summed E-state index contributed by atoms with van der Waals surface area (Å²) in [5, 5.41) is 2.09. The molecule has 0 saturated heterocycles. The minimum Gasteiger partial charge on any atom is -0.264 e. The Morgan fingerprint density at radius 2 is 2.07 bits per heavy atom. The van der Waals surface area contributed by atoms with Crippen LogP contribution in [0.2, 0.25) is 0 Å². The van der Waals surface area contributed by atoms with Crippen LogP contribution in [0.3, 0.4) is 0 Å². The van der Waals surface area contributed by atoms with Gasteiger partial charge in [0.1, 0.15) is 0 Å². The van der Waals surface area contributed by atoms with Crippen molar-refractivity contribution in [2.75, 3.05) is 0 Å². The van der Waals surface area contributed by atoms with E-state index in [0.29, 0.717) is 0 Å². The molecule has 0 aliphatic heterocycles. The van der Waals surface area contributed by atoms with Gasteiger partial charge in [0, 0.05) is 17.3 Å². The van der Waals surface area contributed by atoms with Crippen LogP contribution in [0.15, 0.2) is 34.8 Å². The van der Waals surface area contributed by atoms with E-state index in [4.69, 9.17) is 0 Å². The Morgan fingerprint density at radius 1 is 1.36 bits per heavy atom. The molecule has 0 aromatic carbocycles. The Morgan fingerprint density at radius 3 is 2.64 bits per heavy atom. The van der Waals surface area contributed by atoms with Crippen molar-refractivity contribution < 1.29 is 0 Å². The van der Waals surface area contributed by atoms with E-state index in [1.165, 1.54) is 10.5 Å². The number of rotatable bonds is 2. The fourth-order valence-corrected chi connectivity index (χ4v) is 2.14. The number of hydrogen-bond donors (Lipinski definition) is 0. The number of nitrogens with zero attached hydrogens (tertiary/aromatic N) is 1. The smallest absolute Gasteiger partial charge is 0.0410 e. The van der Waals surface area contributed by atoms with Crippen molar-refractivity contribution in [3.8, 4) is 0 Å². The molecule has 1 aromatic heterocycles. The predicted octanol–water partition coefficient (Wildman–Crippen LogP) is 4.00. The van der Waals surface area contributed by atoms with Crippen LogP contribution in [-0.4, -0.2) is 4.98 Å². The standard InChI is InChI=1S/C12H17NS/c1-5-8-14-11-9-13-7-6-10(11)12(2,3)4/h5-9H,1-4H3/b8-5-. The normalized spacial score (nSPS) is 12.3. The van der Waals surface area contributed by atoms with Crippen molar-refractivity contribution in [1.82, 2.24) is 4.98 Å². The maximum atomic E-state index is 4.16. The van der Waals surface area contributed by atoms with Crippen LogP contribution < -0.4 is 0 Å². The number of thioether (sulfide) groups is 1. The minimum absolute atomic E-state index is 0.187. The highest BCUT2D eigenvalue weighted by Gasteiger charge is 2.17. The third-order valence-electron chi connectivity index (χ3n) is 1.92. The fraction of sp³-hybridized carbons (Fsp3) is 0.417. The van der Waals surface area contributed by atoms with Crippen LogP contribution in [0, 0.1) is 0 Å². The molecule has 0 N–H and O–H groups in total. The lowest BCUT2D eigenvalue weighted by Gasteiger charge is -2.21. The highest BCUT2D eigenvalue weighted by Crippen LogP contribution is 2.31. The summed E-state index contributed by atoms with van der Waals surface area (Å²) in [6, 6.07) is 2.10. The Kier molecular flexibility index (Phi) is 3.76. The van der Waals surface area contributed by atoms with Gasteiger partial charge < -0.3 is 0 Å². The molecule has 0 bridgehead atoms. The summed E-state index contributed by atoms with van der Waals surface area (Å²) in [7, 11) is 0. The molecule has 1 rings (SSSR count). The van der Waals surface area contributed by atoms with Crippen molar-refractivity contribution in [3.05, 3.63) is 35.5 Å². The zero-order valence-corrected chi connectivity index (χ0v) is 10.1. The second-order valence-electron chi connectivity index (χ2n) is 4.21. The van der Waals surface area contributed by atoms with Crippen LogP contribution >= 0.6 is 11.8 Å². The first-order valence-corrected chi connectivity index (χ1v) is 5.66. The summed E-state index contributed by atoms with van der Waals surface area (Å²) < 4.78 is 0. The maximum absolute atomic E-state index is 4.16. The molecule has 0 aliphatic carbocycles. The Balaban J connectivity index is 3.03. The first-order valence-electron chi connectivity index (χ1n) is 4.78. The monoisotopic (exact) mass is 207 g/mol. The van der Waals surface area contributed by atoms with Gasteiger partial charge in [-0.25, -0.2) is 0 Å². The SMILES string of the molecule is C/C=C\Sc1cnccc1C(C)(C)C. The molecule has 0 atom stereocenters. The molecular weight excluding hydrogens is 190 g/mol. The van der Waals surface area contributed by atoms with Gasteiger partial charge in [-0.15, -0.1) is 0 Å². The van der Waals surface area contributed by atoms with E-state index < -0.39 is 0 Å². The fourth-order valence-electron chi connectivity index (χ4n) is 1.23. The molecule has 1 nitrogen and oxygen atoms in total. The largest absolute Gasteiger partial charge is 0.264 e. The molecule has 0 spiro atoms. The number of pyridine rings is 1. The van der Waals surface area contributed by atoms with Crippen LogP contribution in [-0.2, 0) is 5.41 Å². The quantitative estimate of drug-likeness (QED) is 0.680. The molecule has 76 valence electrons. The zero-order valence-electron chi connectivity index (χ0n) is 9.24. The molecule has 0 radical (unpaired) electrons. The topological polar surface area (TPSA) is 12.9 Å².